The second-order valence-electron chi connectivity index (χ2n) is 6.88. The highest BCUT2D eigenvalue weighted by Gasteiger charge is 2.33. The molecule has 29 heavy (non-hydrogen) atoms. The van der Waals surface area contributed by atoms with E-state index in [0.717, 1.165) is 4.57 Å². The molecule has 2 aromatic rings. The number of benzene rings is 1. The van der Waals surface area contributed by atoms with Gasteiger partial charge in [0.2, 0.25) is 12.7 Å². The topological polar surface area (TPSA) is 131 Å². The first-order valence-electron chi connectivity index (χ1n) is 8.83. The molecule has 10 heteroatoms. The molecule has 4 rings (SSSR count). The predicted molar refractivity (Wildman–Crippen MR) is 104 cm³/mol. The van der Waals surface area contributed by atoms with Gasteiger partial charge in [0.05, 0.1) is 28.8 Å². The predicted octanol–water partition coefficient (Wildman–Crippen LogP) is 1.57. The molecule has 9 nitrogen and oxygen atoms in total. The third-order valence-electron chi connectivity index (χ3n) is 5.06. The Morgan fingerprint density at radius 1 is 1.34 bits per heavy atom. The van der Waals surface area contributed by atoms with Crippen LogP contribution in [0, 0.1) is 18.3 Å². The number of nitriles is 1. The van der Waals surface area contributed by atoms with Gasteiger partial charge in [0, 0.05) is 12.3 Å². The van der Waals surface area contributed by atoms with Crippen LogP contribution in [0.25, 0.3) is 0 Å². The minimum Gasteiger partial charge on any atom is -0.494 e. The van der Waals surface area contributed by atoms with E-state index in [1.54, 1.807) is 18.2 Å². The molecule has 3 heterocycles. The zero-order valence-electron chi connectivity index (χ0n) is 15.5. The SMILES string of the molecule is Cc1c(C=Nc2ccc3c(c2)OCO3)c(O)n([C@H]2CCS(=O)(=O)C2)c(=O)c1C#N. The van der Waals surface area contributed by atoms with E-state index in [4.69, 9.17) is 9.47 Å². The highest BCUT2D eigenvalue weighted by atomic mass is 32.2. The first-order chi connectivity index (χ1) is 13.8. The minimum atomic E-state index is -3.29. The molecule has 0 unspecified atom stereocenters. The summed E-state index contributed by atoms with van der Waals surface area (Å²) >= 11 is 0. The number of fused-ring (bicyclic) bond motifs is 1. The van der Waals surface area contributed by atoms with Crippen molar-refractivity contribution >= 4 is 21.7 Å². The molecule has 0 amide bonds. The summed E-state index contributed by atoms with van der Waals surface area (Å²) in [7, 11) is -3.29. The summed E-state index contributed by atoms with van der Waals surface area (Å²) in [5.41, 5.74) is 0.122. The van der Waals surface area contributed by atoms with Crippen LogP contribution in [0.4, 0.5) is 5.69 Å². The van der Waals surface area contributed by atoms with Crippen LogP contribution < -0.4 is 15.0 Å². The zero-order chi connectivity index (χ0) is 20.8. The number of pyridine rings is 1. The van der Waals surface area contributed by atoms with E-state index < -0.39 is 27.3 Å². The second-order valence-corrected chi connectivity index (χ2v) is 9.11. The monoisotopic (exact) mass is 415 g/mol. The Kier molecular flexibility index (Phi) is 4.55. The average Bonchev–Trinajstić information content (AvgIpc) is 3.27. The molecule has 1 aromatic carbocycles. The molecule has 0 aliphatic carbocycles. The van der Waals surface area contributed by atoms with E-state index >= 15 is 0 Å². The maximum atomic E-state index is 12.7. The fourth-order valence-corrected chi connectivity index (χ4v) is 5.22. The smallest absolute Gasteiger partial charge is 0.271 e. The number of aromatic nitrogens is 1. The van der Waals surface area contributed by atoms with Gasteiger partial charge in [-0.1, -0.05) is 0 Å². The number of ether oxygens (including phenoxy) is 2. The van der Waals surface area contributed by atoms with Crippen molar-refractivity contribution in [3.8, 4) is 23.4 Å². The van der Waals surface area contributed by atoms with Gasteiger partial charge >= 0.3 is 0 Å². The zero-order valence-corrected chi connectivity index (χ0v) is 16.3. The van der Waals surface area contributed by atoms with E-state index in [0.29, 0.717) is 17.2 Å². The Labute approximate surface area is 166 Å². The van der Waals surface area contributed by atoms with Gasteiger partial charge in [-0.25, -0.2) is 8.42 Å². The van der Waals surface area contributed by atoms with Crippen molar-refractivity contribution in [1.82, 2.24) is 4.57 Å². The number of sulfone groups is 1. The normalized spacial score (nSPS) is 19.5. The number of rotatable bonds is 3. The summed E-state index contributed by atoms with van der Waals surface area (Å²) in [6, 6.07) is 6.19. The van der Waals surface area contributed by atoms with Crippen LogP contribution in [0.1, 0.15) is 29.2 Å². The lowest BCUT2D eigenvalue weighted by atomic mass is 10.0. The quantitative estimate of drug-likeness (QED) is 0.753. The first-order valence-corrected chi connectivity index (χ1v) is 10.6. The molecule has 2 aliphatic rings. The summed E-state index contributed by atoms with van der Waals surface area (Å²) in [4.78, 5) is 17.0. The molecule has 2 aliphatic heterocycles. The van der Waals surface area contributed by atoms with Crippen molar-refractivity contribution < 1.29 is 23.0 Å². The Balaban J connectivity index is 1.80. The maximum Gasteiger partial charge on any atom is 0.271 e. The van der Waals surface area contributed by atoms with Gasteiger partial charge in [0.15, 0.2) is 21.3 Å². The number of nitrogens with zero attached hydrogens (tertiary/aromatic N) is 3. The van der Waals surface area contributed by atoms with Crippen molar-refractivity contribution in [3.63, 3.8) is 0 Å². The third-order valence-corrected chi connectivity index (χ3v) is 6.82. The lowest BCUT2D eigenvalue weighted by Crippen LogP contribution is -2.29. The molecular weight excluding hydrogens is 398 g/mol. The van der Waals surface area contributed by atoms with Crippen LogP contribution in [0.2, 0.25) is 0 Å². The molecule has 1 fully saturated rings. The largest absolute Gasteiger partial charge is 0.494 e. The molecule has 0 bridgehead atoms. The van der Waals surface area contributed by atoms with Crippen molar-refractivity contribution in [3.05, 3.63) is 45.2 Å². The fourth-order valence-electron chi connectivity index (χ4n) is 3.52. The Bertz CT molecular complexity index is 1240. The maximum absolute atomic E-state index is 12.7. The lowest BCUT2D eigenvalue weighted by Gasteiger charge is -2.18. The van der Waals surface area contributed by atoms with E-state index in [2.05, 4.69) is 4.99 Å². The molecule has 150 valence electrons. The molecule has 1 aromatic heterocycles. The summed E-state index contributed by atoms with van der Waals surface area (Å²) in [6.07, 6.45) is 1.55. The molecule has 1 saturated heterocycles. The van der Waals surface area contributed by atoms with E-state index in [9.17, 15) is 23.6 Å². The molecule has 0 spiro atoms. The van der Waals surface area contributed by atoms with Gasteiger partial charge in [-0.2, -0.15) is 5.26 Å². The van der Waals surface area contributed by atoms with Gasteiger partial charge in [-0.15, -0.1) is 0 Å². The highest BCUT2D eigenvalue weighted by Crippen LogP contribution is 2.35. The average molecular weight is 415 g/mol. The van der Waals surface area contributed by atoms with Crippen molar-refractivity contribution in [2.75, 3.05) is 18.3 Å². The Hall–Kier alpha value is -3.32. The fraction of sp³-hybridized carbons (Fsp3) is 0.316. The Morgan fingerprint density at radius 2 is 2.10 bits per heavy atom. The summed E-state index contributed by atoms with van der Waals surface area (Å²) in [5, 5.41) is 20.2. The van der Waals surface area contributed by atoms with Crippen molar-refractivity contribution in [2.45, 2.75) is 19.4 Å². The Morgan fingerprint density at radius 3 is 2.79 bits per heavy atom. The minimum absolute atomic E-state index is 0.0695. The third kappa shape index (κ3) is 3.34. The van der Waals surface area contributed by atoms with Gasteiger partial charge in [0.25, 0.3) is 5.56 Å². The summed E-state index contributed by atoms with van der Waals surface area (Å²) in [5.74, 6) is 0.413. The van der Waals surface area contributed by atoms with Crippen LogP contribution in [-0.4, -0.2) is 42.6 Å². The highest BCUT2D eigenvalue weighted by molar-refractivity contribution is 7.91. The van der Waals surface area contributed by atoms with Gasteiger partial charge in [-0.3, -0.25) is 14.4 Å². The standard InChI is InChI=1S/C19H17N3O6S/c1-11-14(7-20)18(23)22(13-4-5-29(25,26)9-13)19(24)15(11)8-21-12-2-3-16-17(6-12)28-10-27-16/h2-3,6,8,13,24H,4-5,9-10H2,1H3/t13-/m0/s1. The van der Waals surface area contributed by atoms with E-state index in [-0.39, 0.29) is 41.4 Å². The molecule has 0 saturated carbocycles. The van der Waals surface area contributed by atoms with Gasteiger partial charge in [0.1, 0.15) is 11.6 Å². The summed E-state index contributed by atoms with van der Waals surface area (Å²) < 4.78 is 35.2. The second kappa shape index (κ2) is 6.93. The van der Waals surface area contributed by atoms with Crippen molar-refractivity contribution in [1.29, 1.82) is 5.26 Å². The van der Waals surface area contributed by atoms with Crippen molar-refractivity contribution in [2.24, 2.45) is 4.99 Å². The van der Waals surface area contributed by atoms with Gasteiger partial charge in [-0.05, 0) is 31.0 Å². The van der Waals surface area contributed by atoms with Crippen LogP contribution in [0.5, 0.6) is 17.4 Å². The first kappa shape index (κ1) is 19.0. The number of hydrogen-bond acceptors (Lipinski definition) is 8. The molecular formula is C19H17N3O6S. The number of hydrogen-bond donors (Lipinski definition) is 1. The number of aliphatic imine (C=N–C) groups is 1. The van der Waals surface area contributed by atoms with Crippen LogP contribution in [0.15, 0.2) is 28.0 Å². The van der Waals surface area contributed by atoms with Crippen LogP contribution in [-0.2, 0) is 9.84 Å². The lowest BCUT2D eigenvalue weighted by molar-refractivity contribution is 0.174. The van der Waals surface area contributed by atoms with Crippen LogP contribution >= 0.6 is 0 Å². The molecule has 0 radical (unpaired) electrons. The number of aromatic hydroxyl groups is 1. The summed E-state index contributed by atoms with van der Waals surface area (Å²) in [6.45, 7) is 1.67. The van der Waals surface area contributed by atoms with Gasteiger partial charge < -0.3 is 14.6 Å². The van der Waals surface area contributed by atoms with Crippen LogP contribution in [0.3, 0.4) is 0 Å². The molecule has 1 N–H and O–H groups in total. The van der Waals surface area contributed by atoms with E-state index in [1.807, 2.05) is 6.07 Å². The van der Waals surface area contributed by atoms with E-state index in [1.165, 1.54) is 13.1 Å². The molecule has 1 atom stereocenters.